The molecule has 31 heavy (non-hydrogen) atoms. The number of carbonyl (C=O) groups is 1. The Morgan fingerprint density at radius 1 is 0.839 bits per heavy atom. The van der Waals surface area contributed by atoms with Crippen LogP contribution in [0, 0.1) is 0 Å². The quantitative estimate of drug-likeness (QED) is 0.472. The molecule has 4 rings (SSSR count). The fourth-order valence-corrected chi connectivity index (χ4v) is 4.40. The third kappa shape index (κ3) is 4.30. The monoisotopic (exact) mass is 453 g/mol. The molecule has 0 N–H and O–H groups in total. The Kier molecular flexibility index (Phi) is 6.28. The van der Waals surface area contributed by atoms with E-state index in [4.69, 9.17) is 27.9 Å². The molecule has 0 spiro atoms. The first-order chi connectivity index (χ1) is 15.0. The summed E-state index contributed by atoms with van der Waals surface area (Å²) in [5.74, 6) is 0.962. The van der Waals surface area contributed by atoms with E-state index < -0.39 is 6.09 Å². The van der Waals surface area contributed by atoms with Gasteiger partial charge in [0.25, 0.3) is 0 Å². The van der Waals surface area contributed by atoms with E-state index in [1.54, 1.807) is 24.3 Å². The Hall–Kier alpha value is -2.86. The van der Waals surface area contributed by atoms with Gasteiger partial charge < -0.3 is 9.64 Å². The molecule has 0 unspecified atom stereocenters. The van der Waals surface area contributed by atoms with Gasteiger partial charge in [-0.15, -0.1) is 0 Å². The predicted molar refractivity (Wildman–Crippen MR) is 124 cm³/mol. The van der Waals surface area contributed by atoms with E-state index >= 15 is 0 Å². The Balaban J connectivity index is 1.77. The molecule has 0 aromatic heterocycles. The lowest BCUT2D eigenvalue weighted by Gasteiger charge is -2.28. The average molecular weight is 454 g/mol. The normalized spacial score (nSPS) is 20.3. The molecule has 1 saturated heterocycles. The van der Waals surface area contributed by atoms with Gasteiger partial charge in [-0.05, 0) is 36.9 Å². The Morgan fingerprint density at radius 2 is 1.39 bits per heavy atom. The molecule has 1 amide bonds. The number of nitrogens with zero attached hydrogens (tertiary/aromatic N) is 3. The van der Waals surface area contributed by atoms with Crippen molar-refractivity contribution in [3.63, 3.8) is 0 Å². The van der Waals surface area contributed by atoms with Gasteiger partial charge in [-0.25, -0.2) is 4.79 Å². The molecule has 1 aliphatic rings. The van der Waals surface area contributed by atoms with Crippen molar-refractivity contribution in [2.24, 2.45) is 4.99 Å². The largest absolute Gasteiger partial charge is 0.440 e. The van der Waals surface area contributed by atoms with E-state index in [-0.39, 0.29) is 12.2 Å². The van der Waals surface area contributed by atoms with Crippen LogP contribution in [-0.4, -0.2) is 35.8 Å². The number of benzene rings is 3. The van der Waals surface area contributed by atoms with Gasteiger partial charge in [0.1, 0.15) is 17.8 Å². The number of amidine groups is 1. The summed E-state index contributed by atoms with van der Waals surface area (Å²) in [5, 5.41) is 1.23. The highest BCUT2D eigenvalue weighted by Gasteiger charge is 2.43. The molecule has 3 aromatic rings. The van der Waals surface area contributed by atoms with Crippen molar-refractivity contribution in [3.05, 3.63) is 100 Å². The number of amides is 1. The number of halogens is 2. The van der Waals surface area contributed by atoms with Crippen molar-refractivity contribution >= 4 is 35.1 Å². The molecule has 158 valence electrons. The zero-order chi connectivity index (χ0) is 22.0. The first kappa shape index (κ1) is 21.4. The maximum Gasteiger partial charge on any atom is 0.440 e. The van der Waals surface area contributed by atoms with E-state index in [1.165, 1.54) is 0 Å². The van der Waals surface area contributed by atoms with Crippen molar-refractivity contribution in [1.82, 2.24) is 9.80 Å². The number of hydrogen-bond acceptors (Lipinski definition) is 3. The summed E-state index contributed by atoms with van der Waals surface area (Å²) < 4.78 is 5.41. The summed E-state index contributed by atoms with van der Waals surface area (Å²) in [7, 11) is 3.85. The second-order valence-corrected chi connectivity index (χ2v) is 8.06. The van der Waals surface area contributed by atoms with Crippen molar-refractivity contribution in [1.29, 1.82) is 0 Å². The minimum absolute atomic E-state index is 0.238. The summed E-state index contributed by atoms with van der Waals surface area (Å²) in [6.45, 7) is 0. The molecule has 1 fully saturated rings. The van der Waals surface area contributed by atoms with Crippen LogP contribution in [-0.2, 0) is 0 Å². The minimum atomic E-state index is -0.696. The highest BCUT2D eigenvalue weighted by atomic mass is 35.5. The topological polar surface area (TPSA) is 45.1 Å². The second-order valence-electron chi connectivity index (χ2n) is 7.25. The zero-order valence-corrected chi connectivity index (χ0v) is 18.6. The molecule has 0 aliphatic carbocycles. The van der Waals surface area contributed by atoms with Gasteiger partial charge in [-0.2, -0.15) is 4.99 Å². The Morgan fingerprint density at radius 3 is 2.00 bits per heavy atom. The molecule has 0 bridgehead atoms. The average Bonchev–Trinajstić information content (AvgIpc) is 2.99. The highest BCUT2D eigenvalue weighted by molar-refractivity contribution is 6.32. The molecule has 0 radical (unpaired) electrons. The fraction of sp³-hybridized carbons (Fsp3) is 0.167. The van der Waals surface area contributed by atoms with Crippen molar-refractivity contribution in [2.45, 2.75) is 12.2 Å². The highest BCUT2D eigenvalue weighted by Crippen LogP contribution is 2.43. The maximum atomic E-state index is 12.7. The van der Waals surface area contributed by atoms with Crippen LogP contribution in [0.3, 0.4) is 0 Å². The molecular formula is C24H21Cl2N3O2. The van der Waals surface area contributed by atoms with Crippen LogP contribution >= 0.6 is 23.2 Å². The molecule has 7 heteroatoms. The summed E-state index contributed by atoms with van der Waals surface area (Å²) in [6.07, 6.45) is -0.934. The predicted octanol–water partition coefficient (Wildman–Crippen LogP) is 6.21. The molecule has 0 saturated carbocycles. The van der Waals surface area contributed by atoms with E-state index in [0.29, 0.717) is 21.6 Å². The van der Waals surface area contributed by atoms with Crippen LogP contribution in [0.15, 0.2) is 83.9 Å². The Bertz CT molecular complexity index is 1120. The van der Waals surface area contributed by atoms with E-state index in [0.717, 1.165) is 11.1 Å². The molecule has 1 aliphatic heterocycles. The van der Waals surface area contributed by atoms with Gasteiger partial charge >= 0.3 is 6.09 Å². The fourth-order valence-electron chi connectivity index (χ4n) is 3.93. The van der Waals surface area contributed by atoms with Crippen LogP contribution in [0.4, 0.5) is 4.79 Å². The second kappa shape index (κ2) is 9.10. The lowest BCUT2D eigenvalue weighted by Crippen LogP contribution is -2.27. The number of carbonyl (C=O) groups excluding carboxylic acids is 1. The minimum Gasteiger partial charge on any atom is -0.409 e. The lowest BCUT2D eigenvalue weighted by atomic mass is 10.1. The molecular weight excluding hydrogens is 433 g/mol. The summed E-state index contributed by atoms with van der Waals surface area (Å²) in [6, 6.07) is 23.7. The van der Waals surface area contributed by atoms with Crippen LogP contribution in [0.2, 0.25) is 10.0 Å². The van der Waals surface area contributed by atoms with Crippen LogP contribution in [0.5, 0.6) is 5.75 Å². The van der Waals surface area contributed by atoms with E-state index in [9.17, 15) is 4.79 Å². The third-order valence-electron chi connectivity index (χ3n) is 5.30. The summed E-state index contributed by atoms with van der Waals surface area (Å²) >= 11 is 13.0. The smallest absolute Gasteiger partial charge is 0.409 e. The molecule has 3 aromatic carbocycles. The van der Waals surface area contributed by atoms with Gasteiger partial charge in [-0.3, -0.25) is 4.90 Å². The van der Waals surface area contributed by atoms with E-state index in [2.05, 4.69) is 9.89 Å². The standard InChI is InChI=1S/C24H21Cl2N3O2/c1-28-21(17-12-6-8-14-19(17)25)22(27-24(30)31-16-10-4-3-5-11-16)29(2)23(28)18-13-7-9-15-20(18)26/h3-15,21,23H,1-2H3/t21-,23+/m0/s1. The summed E-state index contributed by atoms with van der Waals surface area (Å²) in [4.78, 5) is 21.1. The number of rotatable bonds is 3. The number of ether oxygens (including phenoxy) is 1. The molecule has 5 nitrogen and oxygen atoms in total. The zero-order valence-electron chi connectivity index (χ0n) is 17.1. The Labute approximate surface area is 191 Å². The van der Waals surface area contributed by atoms with Gasteiger partial charge in [0.15, 0.2) is 0 Å². The van der Waals surface area contributed by atoms with Gasteiger partial charge in [0, 0.05) is 22.7 Å². The third-order valence-corrected chi connectivity index (χ3v) is 5.99. The first-order valence-corrected chi connectivity index (χ1v) is 10.5. The van der Waals surface area contributed by atoms with Crippen molar-refractivity contribution in [2.75, 3.05) is 14.1 Å². The number of likely N-dealkylation sites (N-methyl/N-ethyl adjacent to an activating group) is 2. The number of hydrogen-bond donors (Lipinski definition) is 0. The van der Waals surface area contributed by atoms with Gasteiger partial charge in [-0.1, -0.05) is 77.8 Å². The first-order valence-electron chi connectivity index (χ1n) is 9.76. The van der Waals surface area contributed by atoms with Crippen LogP contribution < -0.4 is 4.74 Å². The van der Waals surface area contributed by atoms with Gasteiger partial charge in [0.2, 0.25) is 0 Å². The maximum absolute atomic E-state index is 12.7. The number of para-hydroxylation sites is 1. The van der Waals surface area contributed by atoms with Crippen molar-refractivity contribution in [3.8, 4) is 5.75 Å². The van der Waals surface area contributed by atoms with E-state index in [1.807, 2.05) is 73.6 Å². The van der Waals surface area contributed by atoms with Crippen molar-refractivity contribution < 1.29 is 9.53 Å². The van der Waals surface area contributed by atoms with Crippen LogP contribution in [0.1, 0.15) is 23.3 Å². The SMILES string of the molecule is CN1C(=NC(=O)Oc2ccccc2)[C@H](c2ccccc2Cl)N(C)[C@H]1c1ccccc1Cl. The lowest BCUT2D eigenvalue weighted by molar-refractivity contribution is 0.176. The summed E-state index contributed by atoms with van der Waals surface area (Å²) in [5.41, 5.74) is 1.76. The number of aliphatic imine (C=N–C) groups is 1. The molecule has 1 heterocycles. The van der Waals surface area contributed by atoms with Gasteiger partial charge in [0.05, 0.1) is 6.04 Å². The molecule has 2 atom stereocenters. The van der Waals surface area contributed by atoms with Crippen LogP contribution in [0.25, 0.3) is 0 Å².